The Morgan fingerprint density at radius 1 is 1.19 bits per heavy atom. The Morgan fingerprint density at radius 3 is 2.44 bits per heavy atom. The summed E-state index contributed by atoms with van der Waals surface area (Å²) < 4.78 is 11.8. The average Bonchev–Trinajstić information content (AvgIpc) is 3.43. The van der Waals surface area contributed by atoms with Crippen LogP contribution in [0.2, 0.25) is 0 Å². The zero-order valence-electron chi connectivity index (χ0n) is 21.2. The number of methoxy groups -OCH3 is 1. The van der Waals surface area contributed by atoms with Crippen molar-refractivity contribution in [3.05, 3.63) is 49.6 Å². The summed E-state index contributed by atoms with van der Waals surface area (Å²) in [7, 11) is 3.24. The van der Waals surface area contributed by atoms with Gasteiger partial charge in [-0.2, -0.15) is 0 Å². The number of rotatable bonds is 10. The van der Waals surface area contributed by atoms with Crippen LogP contribution < -0.4 is 9.64 Å². The van der Waals surface area contributed by atoms with Crippen molar-refractivity contribution in [2.24, 2.45) is 11.8 Å². The van der Waals surface area contributed by atoms with Crippen molar-refractivity contribution in [3.8, 4) is 5.75 Å². The molecule has 5 atom stereocenters. The van der Waals surface area contributed by atoms with Gasteiger partial charge in [0.1, 0.15) is 17.4 Å². The lowest BCUT2D eigenvalue weighted by Crippen LogP contribution is -2.57. The molecular formula is C27H35N3O6. The standard InChI is InChI=1S/C27H35N3O6/c1-6-14-28(4)23(32)20-21-24(33)30(16-17-31)22(27(21)13-12-26(20,3)36-27)25(34)29(15-7-2)18-8-10-19(35-5)11-9-18/h6-11,20-22,31H,1-2,12-17H2,3-5H3/t20-,21-,22?,26+,27?/m0/s1. The maximum atomic E-state index is 14.2. The Balaban J connectivity index is 1.77. The Labute approximate surface area is 211 Å². The third-order valence-electron chi connectivity index (χ3n) is 7.86. The molecule has 1 spiro atoms. The highest BCUT2D eigenvalue weighted by molar-refractivity contribution is 6.05. The fourth-order valence-electron chi connectivity index (χ4n) is 6.31. The number of amides is 3. The molecule has 0 aliphatic carbocycles. The fourth-order valence-corrected chi connectivity index (χ4v) is 6.31. The third kappa shape index (κ3) is 3.81. The molecule has 3 aliphatic rings. The number of nitrogens with zero attached hydrogens (tertiary/aromatic N) is 3. The van der Waals surface area contributed by atoms with Crippen LogP contribution in [0.3, 0.4) is 0 Å². The Kier molecular flexibility index (Phi) is 6.99. The molecule has 1 aromatic rings. The lowest BCUT2D eigenvalue weighted by atomic mass is 9.66. The monoisotopic (exact) mass is 497 g/mol. The van der Waals surface area contributed by atoms with Crippen molar-refractivity contribution < 1.29 is 29.0 Å². The number of ether oxygens (including phenoxy) is 2. The van der Waals surface area contributed by atoms with Crippen LogP contribution in [-0.4, -0.2) is 90.3 Å². The number of fused-ring (bicyclic) bond motifs is 1. The molecule has 0 radical (unpaired) electrons. The summed E-state index contributed by atoms with van der Waals surface area (Å²) in [6.45, 7) is 9.59. The molecule has 1 N–H and O–H groups in total. The number of carbonyl (C=O) groups excluding carboxylic acids is 3. The van der Waals surface area contributed by atoms with E-state index in [1.807, 2.05) is 6.92 Å². The fraction of sp³-hybridized carbons (Fsp3) is 0.519. The largest absolute Gasteiger partial charge is 0.497 e. The first kappa shape index (κ1) is 25.9. The summed E-state index contributed by atoms with van der Waals surface area (Å²) in [5.41, 5.74) is -1.40. The van der Waals surface area contributed by atoms with Crippen LogP contribution in [-0.2, 0) is 19.1 Å². The van der Waals surface area contributed by atoms with Crippen LogP contribution in [0.4, 0.5) is 5.69 Å². The van der Waals surface area contributed by atoms with Gasteiger partial charge in [0.2, 0.25) is 11.8 Å². The molecule has 9 heteroatoms. The number of likely N-dealkylation sites (tertiary alicyclic amines) is 1. The summed E-state index contributed by atoms with van der Waals surface area (Å²) in [4.78, 5) is 46.1. The molecule has 1 aromatic carbocycles. The van der Waals surface area contributed by atoms with Gasteiger partial charge in [0.25, 0.3) is 5.91 Å². The van der Waals surface area contributed by atoms with E-state index in [9.17, 15) is 19.5 Å². The van der Waals surface area contributed by atoms with E-state index in [4.69, 9.17) is 9.47 Å². The van der Waals surface area contributed by atoms with Crippen molar-refractivity contribution in [3.63, 3.8) is 0 Å². The molecule has 0 aromatic heterocycles. The first-order chi connectivity index (χ1) is 17.2. The van der Waals surface area contributed by atoms with E-state index < -0.39 is 29.1 Å². The molecule has 2 bridgehead atoms. The van der Waals surface area contributed by atoms with Gasteiger partial charge in [-0.3, -0.25) is 14.4 Å². The zero-order chi connectivity index (χ0) is 26.3. The van der Waals surface area contributed by atoms with Gasteiger partial charge in [0, 0.05) is 32.4 Å². The summed E-state index contributed by atoms with van der Waals surface area (Å²) in [6, 6.07) is 6.08. The molecule has 3 fully saturated rings. The number of β-amino-alcohol motifs (C(OH)–C–C–N with tert-alkyl or cyclic N) is 1. The zero-order valence-corrected chi connectivity index (χ0v) is 21.2. The maximum Gasteiger partial charge on any atom is 0.253 e. The van der Waals surface area contributed by atoms with Crippen molar-refractivity contribution in [1.29, 1.82) is 0 Å². The molecular weight excluding hydrogens is 462 g/mol. The van der Waals surface area contributed by atoms with Gasteiger partial charge in [-0.25, -0.2) is 0 Å². The Bertz CT molecular complexity index is 1060. The summed E-state index contributed by atoms with van der Waals surface area (Å²) in [5.74, 6) is -1.75. The third-order valence-corrected chi connectivity index (χ3v) is 7.86. The molecule has 3 aliphatic heterocycles. The second kappa shape index (κ2) is 9.71. The van der Waals surface area contributed by atoms with Gasteiger partial charge in [-0.15, -0.1) is 13.2 Å². The van der Waals surface area contributed by atoms with E-state index in [-0.39, 0.29) is 37.4 Å². The van der Waals surface area contributed by atoms with Gasteiger partial charge in [-0.1, -0.05) is 12.2 Å². The first-order valence-electron chi connectivity index (χ1n) is 12.2. The van der Waals surface area contributed by atoms with Gasteiger partial charge < -0.3 is 29.3 Å². The number of anilines is 1. The molecule has 4 rings (SSSR count). The van der Waals surface area contributed by atoms with Crippen molar-refractivity contribution in [2.75, 3.05) is 45.3 Å². The minimum absolute atomic E-state index is 0.0263. The number of benzene rings is 1. The molecule has 9 nitrogen and oxygen atoms in total. The highest BCUT2D eigenvalue weighted by Crippen LogP contribution is 2.63. The highest BCUT2D eigenvalue weighted by atomic mass is 16.5. The second-order valence-corrected chi connectivity index (χ2v) is 9.93. The molecule has 36 heavy (non-hydrogen) atoms. The molecule has 3 amide bonds. The van der Waals surface area contributed by atoms with Crippen molar-refractivity contribution in [1.82, 2.24) is 9.80 Å². The van der Waals surface area contributed by atoms with Crippen LogP contribution in [0, 0.1) is 11.8 Å². The maximum absolute atomic E-state index is 14.2. The number of hydrogen-bond acceptors (Lipinski definition) is 6. The van der Waals surface area contributed by atoms with Crippen LogP contribution in [0.15, 0.2) is 49.6 Å². The van der Waals surface area contributed by atoms with Gasteiger partial charge >= 0.3 is 0 Å². The highest BCUT2D eigenvalue weighted by Gasteiger charge is 2.78. The lowest BCUT2D eigenvalue weighted by Gasteiger charge is -2.36. The van der Waals surface area contributed by atoms with E-state index >= 15 is 0 Å². The SMILES string of the molecule is C=CCN(C)C(=O)[C@@H]1[C@H]2C(=O)N(CCO)C(C(=O)N(CC=C)c3ccc(OC)cc3)C23CC[C@@]1(C)O3. The minimum Gasteiger partial charge on any atom is -0.497 e. The van der Waals surface area contributed by atoms with Crippen LogP contribution >= 0.6 is 0 Å². The van der Waals surface area contributed by atoms with Crippen LogP contribution in [0.5, 0.6) is 5.75 Å². The van der Waals surface area contributed by atoms with E-state index in [1.165, 1.54) is 4.90 Å². The number of aliphatic hydroxyl groups excluding tert-OH is 1. The molecule has 194 valence electrons. The van der Waals surface area contributed by atoms with Gasteiger partial charge in [0.05, 0.1) is 31.2 Å². The smallest absolute Gasteiger partial charge is 0.253 e. The van der Waals surface area contributed by atoms with Crippen LogP contribution in [0.25, 0.3) is 0 Å². The van der Waals surface area contributed by atoms with Crippen molar-refractivity contribution in [2.45, 2.75) is 37.0 Å². The number of likely N-dealkylation sites (N-methyl/N-ethyl adjacent to an activating group) is 1. The normalized spacial score (nSPS) is 30.2. The van der Waals surface area contributed by atoms with Crippen molar-refractivity contribution >= 4 is 23.4 Å². The number of hydrogen-bond donors (Lipinski definition) is 1. The lowest BCUT2D eigenvalue weighted by molar-refractivity contribution is -0.149. The molecule has 3 saturated heterocycles. The molecule has 3 heterocycles. The summed E-state index contributed by atoms with van der Waals surface area (Å²) >= 11 is 0. The number of carbonyl (C=O) groups is 3. The second-order valence-electron chi connectivity index (χ2n) is 9.93. The van der Waals surface area contributed by atoms with E-state index in [2.05, 4.69) is 13.2 Å². The van der Waals surface area contributed by atoms with E-state index in [0.29, 0.717) is 30.8 Å². The van der Waals surface area contributed by atoms with Crippen LogP contribution in [0.1, 0.15) is 19.8 Å². The first-order valence-corrected chi connectivity index (χ1v) is 12.2. The van der Waals surface area contributed by atoms with E-state index in [0.717, 1.165) is 0 Å². The predicted octanol–water partition coefficient (Wildman–Crippen LogP) is 1.62. The topological polar surface area (TPSA) is 99.6 Å². The average molecular weight is 498 g/mol. The summed E-state index contributed by atoms with van der Waals surface area (Å²) in [6.07, 6.45) is 4.27. The quantitative estimate of drug-likeness (QED) is 0.493. The van der Waals surface area contributed by atoms with Gasteiger partial charge in [0.15, 0.2) is 0 Å². The Hall–Kier alpha value is -3.17. The number of aliphatic hydroxyl groups is 1. The van der Waals surface area contributed by atoms with E-state index in [1.54, 1.807) is 60.4 Å². The molecule has 2 unspecified atom stereocenters. The molecule has 0 saturated carbocycles. The summed E-state index contributed by atoms with van der Waals surface area (Å²) in [5, 5.41) is 9.80. The Morgan fingerprint density at radius 2 is 1.86 bits per heavy atom. The van der Waals surface area contributed by atoms with Gasteiger partial charge in [-0.05, 0) is 44.0 Å². The predicted molar refractivity (Wildman–Crippen MR) is 134 cm³/mol. The minimum atomic E-state index is -1.15.